The monoisotopic (exact) mass is 305 g/mol. The van der Waals surface area contributed by atoms with Crippen molar-refractivity contribution in [1.82, 2.24) is 9.78 Å². The van der Waals surface area contributed by atoms with E-state index >= 15 is 0 Å². The molecule has 3 N–H and O–H groups in total. The second-order valence-electron chi connectivity index (χ2n) is 4.42. The fraction of sp³-hybridized carbons (Fsp3) is 0.308. The average Bonchev–Trinajstić information content (AvgIpc) is 2.95. The van der Waals surface area contributed by atoms with Crippen molar-refractivity contribution in [3.63, 3.8) is 0 Å². The van der Waals surface area contributed by atoms with E-state index in [4.69, 9.17) is 15.7 Å². The van der Waals surface area contributed by atoms with Gasteiger partial charge in [-0.15, -0.1) is 11.3 Å². The molecule has 0 aliphatic rings. The van der Waals surface area contributed by atoms with E-state index in [1.807, 2.05) is 26.2 Å². The van der Waals surface area contributed by atoms with E-state index in [-0.39, 0.29) is 11.3 Å². The summed E-state index contributed by atoms with van der Waals surface area (Å²) in [4.78, 5) is 12.1. The number of esters is 1. The Bertz CT molecular complexity index is 726. The van der Waals surface area contributed by atoms with Crippen LogP contribution in [0.1, 0.15) is 26.5 Å². The van der Waals surface area contributed by atoms with E-state index in [1.165, 1.54) is 7.11 Å². The summed E-state index contributed by atoms with van der Waals surface area (Å²) in [6, 6.07) is 1.98. The largest absolute Gasteiger partial charge is 0.465 e. The molecule has 0 aromatic carbocycles. The van der Waals surface area contributed by atoms with Crippen molar-refractivity contribution in [2.24, 2.45) is 7.05 Å². The van der Waals surface area contributed by atoms with Gasteiger partial charge >= 0.3 is 5.97 Å². The third-order valence-corrected chi connectivity index (χ3v) is 4.06. The number of nitrogens with zero attached hydrogens (tertiary/aromatic N) is 3. The van der Waals surface area contributed by atoms with E-state index < -0.39 is 5.97 Å². The Kier molecular flexibility index (Phi) is 4.14. The Labute approximate surface area is 125 Å². The molecule has 21 heavy (non-hydrogen) atoms. The molecule has 2 aromatic heterocycles. The number of anilines is 2. The number of carbonyl (C=O) groups is 1. The number of methoxy groups -OCH3 is 1. The topological polar surface area (TPSA) is 106 Å². The van der Waals surface area contributed by atoms with Gasteiger partial charge in [-0.1, -0.05) is 0 Å². The fourth-order valence-electron chi connectivity index (χ4n) is 1.95. The van der Waals surface area contributed by atoms with Crippen molar-refractivity contribution in [2.45, 2.75) is 13.5 Å². The molecule has 2 heterocycles. The summed E-state index contributed by atoms with van der Waals surface area (Å²) >= 11 is 1.14. The van der Waals surface area contributed by atoms with Crippen molar-refractivity contribution in [3.8, 4) is 6.07 Å². The first-order valence-electron chi connectivity index (χ1n) is 6.11. The van der Waals surface area contributed by atoms with Crippen LogP contribution < -0.4 is 11.1 Å². The minimum Gasteiger partial charge on any atom is -0.465 e. The predicted molar refractivity (Wildman–Crippen MR) is 80.1 cm³/mol. The number of hydrogen-bond donors (Lipinski definition) is 2. The van der Waals surface area contributed by atoms with Crippen molar-refractivity contribution in [2.75, 3.05) is 18.2 Å². The Morgan fingerprint density at radius 3 is 2.90 bits per heavy atom. The van der Waals surface area contributed by atoms with Gasteiger partial charge in [-0.25, -0.2) is 4.79 Å². The van der Waals surface area contributed by atoms with Crippen molar-refractivity contribution in [1.29, 1.82) is 5.26 Å². The number of aromatic nitrogens is 2. The quantitative estimate of drug-likeness (QED) is 0.832. The van der Waals surface area contributed by atoms with E-state index in [0.29, 0.717) is 16.4 Å². The van der Waals surface area contributed by atoms with Crippen LogP contribution in [0.3, 0.4) is 0 Å². The lowest BCUT2D eigenvalue weighted by atomic mass is 10.2. The Balaban J connectivity index is 2.29. The van der Waals surface area contributed by atoms with Crippen LogP contribution in [0.4, 0.5) is 10.7 Å². The molecule has 0 unspecified atom stereocenters. The van der Waals surface area contributed by atoms with Crippen LogP contribution in [0.15, 0.2) is 6.20 Å². The summed E-state index contributed by atoms with van der Waals surface area (Å²) in [5.74, 6) is -0.560. The molecule has 0 spiro atoms. The van der Waals surface area contributed by atoms with E-state index in [9.17, 15) is 4.79 Å². The van der Waals surface area contributed by atoms with Gasteiger partial charge in [-0.3, -0.25) is 4.68 Å². The third kappa shape index (κ3) is 2.83. The molecule has 0 fully saturated rings. The number of aryl methyl sites for hydroxylation is 2. The van der Waals surface area contributed by atoms with Gasteiger partial charge in [0.2, 0.25) is 0 Å². The Morgan fingerprint density at radius 1 is 1.67 bits per heavy atom. The number of ether oxygens (including phenoxy) is 1. The van der Waals surface area contributed by atoms with Crippen LogP contribution in [0.2, 0.25) is 0 Å². The van der Waals surface area contributed by atoms with Crippen molar-refractivity contribution < 1.29 is 9.53 Å². The maximum Gasteiger partial charge on any atom is 0.343 e. The van der Waals surface area contributed by atoms with Crippen LogP contribution in [0.5, 0.6) is 0 Å². The zero-order chi connectivity index (χ0) is 15.6. The fourth-order valence-corrected chi connectivity index (χ4v) is 2.86. The molecule has 0 saturated carbocycles. The number of nitrogens with one attached hydrogen (secondary N) is 1. The number of rotatable bonds is 4. The molecule has 0 radical (unpaired) electrons. The minimum atomic E-state index is -0.560. The first-order valence-corrected chi connectivity index (χ1v) is 6.93. The van der Waals surface area contributed by atoms with Gasteiger partial charge in [-0.2, -0.15) is 10.4 Å². The highest BCUT2D eigenvalue weighted by atomic mass is 32.1. The second kappa shape index (κ2) is 5.85. The number of thiophene rings is 1. The lowest BCUT2D eigenvalue weighted by Crippen LogP contribution is -2.08. The maximum absolute atomic E-state index is 11.8. The second-order valence-corrected chi connectivity index (χ2v) is 5.44. The molecule has 0 saturated heterocycles. The zero-order valence-corrected chi connectivity index (χ0v) is 12.7. The SMILES string of the molecule is COC(=O)c1c(NCc2cn(C)nc2C)sc(C#N)c1N. The van der Waals surface area contributed by atoms with Crippen LogP contribution in [0, 0.1) is 18.3 Å². The highest BCUT2D eigenvalue weighted by Gasteiger charge is 2.22. The summed E-state index contributed by atoms with van der Waals surface area (Å²) in [5, 5.41) is 16.9. The smallest absolute Gasteiger partial charge is 0.343 e. The number of carbonyl (C=O) groups excluding carboxylic acids is 1. The molecule has 0 aliphatic heterocycles. The predicted octanol–water partition coefficient (Wildman–Crippen LogP) is 1.64. The number of nitrogens with two attached hydrogens (primary N) is 1. The molecule has 2 rings (SSSR count). The minimum absolute atomic E-state index is 0.153. The molecule has 7 nitrogen and oxygen atoms in total. The molecule has 8 heteroatoms. The summed E-state index contributed by atoms with van der Waals surface area (Å²) in [6.45, 7) is 2.39. The van der Waals surface area contributed by atoms with Crippen LogP contribution in [-0.4, -0.2) is 22.9 Å². The molecule has 2 aromatic rings. The van der Waals surface area contributed by atoms with E-state index in [2.05, 4.69) is 10.4 Å². The third-order valence-electron chi connectivity index (χ3n) is 2.99. The van der Waals surface area contributed by atoms with Gasteiger partial charge in [0.1, 0.15) is 21.5 Å². The number of nitriles is 1. The summed E-state index contributed by atoms with van der Waals surface area (Å²) in [5.41, 5.74) is 8.08. The first kappa shape index (κ1) is 14.9. The van der Waals surface area contributed by atoms with Gasteiger partial charge in [-0.05, 0) is 6.92 Å². The molecule has 0 amide bonds. The van der Waals surface area contributed by atoms with Gasteiger partial charge in [0.05, 0.1) is 18.5 Å². The zero-order valence-electron chi connectivity index (χ0n) is 11.9. The van der Waals surface area contributed by atoms with E-state index in [0.717, 1.165) is 22.6 Å². The molecule has 110 valence electrons. The summed E-state index contributed by atoms with van der Waals surface area (Å²) in [6.07, 6.45) is 1.89. The molecular formula is C13H15N5O2S. The first-order chi connectivity index (χ1) is 9.97. The standard InChI is InChI=1S/C13H15N5O2S/c1-7-8(6-18(2)17-7)5-16-12-10(13(19)20-3)11(15)9(4-14)21-12/h6,16H,5,15H2,1-3H3. The summed E-state index contributed by atoms with van der Waals surface area (Å²) in [7, 11) is 3.12. The van der Waals surface area contributed by atoms with Crippen LogP contribution in [-0.2, 0) is 18.3 Å². The molecule has 0 bridgehead atoms. The van der Waals surface area contributed by atoms with Crippen molar-refractivity contribution in [3.05, 3.63) is 27.9 Å². The van der Waals surface area contributed by atoms with E-state index in [1.54, 1.807) is 4.68 Å². The Morgan fingerprint density at radius 2 is 2.38 bits per heavy atom. The highest BCUT2D eigenvalue weighted by molar-refractivity contribution is 7.17. The van der Waals surface area contributed by atoms with Gasteiger partial charge in [0.25, 0.3) is 0 Å². The normalized spacial score (nSPS) is 10.2. The lowest BCUT2D eigenvalue weighted by molar-refractivity contribution is 0.0603. The molecule has 0 aliphatic carbocycles. The van der Waals surface area contributed by atoms with Gasteiger partial charge in [0, 0.05) is 25.4 Å². The van der Waals surface area contributed by atoms with Gasteiger partial charge in [0.15, 0.2) is 0 Å². The number of nitrogen functional groups attached to an aromatic ring is 1. The van der Waals surface area contributed by atoms with Crippen molar-refractivity contribution >= 4 is 28.0 Å². The van der Waals surface area contributed by atoms with Gasteiger partial charge < -0.3 is 15.8 Å². The number of hydrogen-bond acceptors (Lipinski definition) is 7. The maximum atomic E-state index is 11.8. The highest BCUT2D eigenvalue weighted by Crippen LogP contribution is 2.36. The van der Waals surface area contributed by atoms with Crippen LogP contribution >= 0.6 is 11.3 Å². The summed E-state index contributed by atoms with van der Waals surface area (Å²) < 4.78 is 6.44. The lowest BCUT2D eigenvalue weighted by Gasteiger charge is -2.06. The average molecular weight is 305 g/mol. The Hall–Kier alpha value is -2.53. The molecule has 0 atom stereocenters. The molecular weight excluding hydrogens is 290 g/mol. The van der Waals surface area contributed by atoms with Crippen LogP contribution in [0.25, 0.3) is 0 Å².